The summed E-state index contributed by atoms with van der Waals surface area (Å²) in [5.74, 6) is -1.44. The zero-order chi connectivity index (χ0) is 41.4. The Morgan fingerprint density at radius 3 is 2.52 bits per heavy atom. The molecule has 3 aliphatic carbocycles. The maximum Gasteiger partial charge on any atom is 0.306 e. The van der Waals surface area contributed by atoms with Gasteiger partial charge in [0.05, 0.1) is 61.4 Å². The monoisotopic (exact) mass is 821 g/mol. The average molecular weight is 822 g/mol. The number of fused-ring (bicyclic) bond motifs is 3. The van der Waals surface area contributed by atoms with Crippen LogP contribution in [0.25, 0.3) is 10.9 Å². The summed E-state index contributed by atoms with van der Waals surface area (Å²) in [6, 6.07) is 4.65. The van der Waals surface area contributed by atoms with Gasteiger partial charge in [0, 0.05) is 30.4 Å². The minimum Gasteiger partial charge on any atom is -0.496 e. The largest absolute Gasteiger partial charge is 0.496 e. The van der Waals surface area contributed by atoms with Crippen molar-refractivity contribution >= 4 is 44.5 Å². The summed E-state index contributed by atoms with van der Waals surface area (Å²) in [5, 5.41) is 0.129. The van der Waals surface area contributed by atoms with Gasteiger partial charge in [0.2, 0.25) is 27.7 Å². The quantitative estimate of drug-likeness (QED) is 0.201. The van der Waals surface area contributed by atoms with Crippen molar-refractivity contribution in [3.05, 3.63) is 36.4 Å². The normalized spacial score (nSPS) is 28.2. The Morgan fingerprint density at radius 1 is 1.09 bits per heavy atom. The van der Waals surface area contributed by atoms with E-state index in [0.717, 1.165) is 55.9 Å². The molecule has 2 aliphatic heterocycles. The number of benzene rings is 1. The number of methoxy groups -OCH3 is 1. The van der Waals surface area contributed by atoms with Crippen LogP contribution in [0.1, 0.15) is 110 Å². The number of Topliss-reactive ketones (excluding diaryl/α,β-unsaturated/α-hetero) is 1. The fourth-order valence-electron chi connectivity index (χ4n) is 9.42. The minimum absolute atomic E-state index is 0.0623. The highest BCUT2D eigenvalue weighted by atomic mass is 32.2. The van der Waals surface area contributed by atoms with E-state index in [9.17, 15) is 22.8 Å². The molecule has 58 heavy (non-hydrogen) atoms. The standard InChI is InChI=1S/C44H59N3O10S/c1-6-29-23-44(29,42(51)46-58(52,53)31-15-16-31)24-36(48)35-19-30-25-47(35)41(50)32(27-12-9-8-10-13-27)20-40(49)56-26-43(3,4)17-11-14-28-18-33-34(21-37(28)54-5)45-39(55-7-2)22-38(33)57-30/h6,18,21-22,27,29-32,35H,1,7-17,19-20,23-26H2,2-5H3,(H,46,51)/t29-,30-,32+,35+,44?/m1/s1. The number of sulfonamides is 1. The van der Waals surface area contributed by atoms with Crippen molar-refractivity contribution < 1.29 is 46.5 Å². The molecule has 2 aromatic rings. The predicted octanol–water partition coefficient (Wildman–Crippen LogP) is 6.24. The average Bonchev–Trinajstić information content (AvgIpc) is 4.12. The summed E-state index contributed by atoms with van der Waals surface area (Å²) < 4.78 is 52.4. The highest BCUT2D eigenvalue weighted by Crippen LogP contribution is 2.57. The van der Waals surface area contributed by atoms with Gasteiger partial charge in [0.1, 0.15) is 17.6 Å². The lowest BCUT2D eigenvalue weighted by Gasteiger charge is -2.34. The van der Waals surface area contributed by atoms with Crippen molar-refractivity contribution in [2.24, 2.45) is 28.6 Å². The Kier molecular flexibility index (Phi) is 12.2. The molecule has 1 unspecified atom stereocenters. The van der Waals surface area contributed by atoms with E-state index in [1.807, 2.05) is 19.1 Å². The number of ether oxygens (including phenoxy) is 4. The molecular formula is C44H59N3O10S. The highest BCUT2D eigenvalue weighted by Gasteiger charge is 2.61. The van der Waals surface area contributed by atoms with Gasteiger partial charge in [0.25, 0.3) is 0 Å². The van der Waals surface area contributed by atoms with Crippen molar-refractivity contribution in [2.75, 3.05) is 26.9 Å². The molecular weight excluding hydrogens is 763 g/mol. The molecule has 0 radical (unpaired) electrons. The molecule has 2 amide bonds. The SMILES string of the molecule is C=C[C@@H]1CC1(CC(=O)[C@@H]1C[C@@H]2CN1C(=O)[C@H](C1CCCCC1)CC(=O)OCC(C)(C)CCCc1cc3c(cc(OCC)nc3cc1OC)O2)C(=O)NS(=O)(=O)C1CC1. The number of allylic oxidation sites excluding steroid dienone is 1. The van der Waals surface area contributed by atoms with E-state index in [0.29, 0.717) is 48.8 Å². The highest BCUT2D eigenvalue weighted by molar-refractivity contribution is 7.90. The smallest absolute Gasteiger partial charge is 0.306 e. The first-order valence-corrected chi connectivity index (χ1v) is 22.7. The first kappa shape index (κ1) is 41.9. The number of hydrogen-bond acceptors (Lipinski definition) is 11. The van der Waals surface area contributed by atoms with E-state index in [1.54, 1.807) is 24.2 Å². The molecule has 316 valence electrons. The van der Waals surface area contributed by atoms with Crippen LogP contribution in [0.2, 0.25) is 0 Å². The lowest BCUT2D eigenvalue weighted by molar-refractivity contribution is -0.154. The van der Waals surface area contributed by atoms with Gasteiger partial charge >= 0.3 is 5.97 Å². The third-order valence-electron chi connectivity index (χ3n) is 13.1. The number of carbonyl (C=O) groups excluding carboxylic acids is 4. The molecule has 13 nitrogen and oxygen atoms in total. The maximum absolute atomic E-state index is 15.0. The molecule has 5 aliphatic rings. The van der Waals surface area contributed by atoms with E-state index in [1.165, 1.54) is 0 Å². The number of carbonyl (C=O) groups is 4. The van der Waals surface area contributed by atoms with Crippen molar-refractivity contribution in [1.82, 2.24) is 14.6 Å². The van der Waals surface area contributed by atoms with Gasteiger partial charge < -0.3 is 23.8 Å². The molecule has 1 saturated heterocycles. The number of cyclic esters (lactones) is 1. The lowest BCUT2D eigenvalue weighted by Crippen LogP contribution is -2.48. The lowest BCUT2D eigenvalue weighted by atomic mass is 9.77. The molecule has 1 N–H and O–H groups in total. The number of aryl methyl sites for hydroxylation is 1. The third-order valence-corrected chi connectivity index (χ3v) is 14.9. The second-order valence-corrected chi connectivity index (χ2v) is 19.9. The van der Waals surface area contributed by atoms with Gasteiger partial charge in [-0.05, 0) is 87.2 Å². The fraction of sp³-hybridized carbons (Fsp3) is 0.659. The van der Waals surface area contributed by atoms with E-state index in [2.05, 4.69) is 25.1 Å². The summed E-state index contributed by atoms with van der Waals surface area (Å²) in [5.41, 5.74) is -0.0511. The van der Waals surface area contributed by atoms with Crippen LogP contribution in [0.4, 0.5) is 0 Å². The molecule has 1 aromatic heterocycles. The van der Waals surface area contributed by atoms with E-state index >= 15 is 4.79 Å². The van der Waals surface area contributed by atoms with Crippen molar-refractivity contribution in [3.63, 3.8) is 0 Å². The van der Waals surface area contributed by atoms with Gasteiger partial charge in [-0.15, -0.1) is 6.58 Å². The topological polar surface area (TPSA) is 168 Å². The van der Waals surface area contributed by atoms with Gasteiger partial charge in [-0.2, -0.15) is 0 Å². The van der Waals surface area contributed by atoms with E-state index < -0.39 is 56.5 Å². The Balaban J connectivity index is 1.27. The van der Waals surface area contributed by atoms with Gasteiger partial charge in [-0.3, -0.25) is 23.9 Å². The molecule has 4 bridgehead atoms. The van der Waals surface area contributed by atoms with Crippen LogP contribution in [0.3, 0.4) is 0 Å². The second-order valence-electron chi connectivity index (χ2n) is 18.0. The van der Waals surface area contributed by atoms with Crippen LogP contribution in [0, 0.1) is 28.6 Å². The number of nitrogens with zero attached hydrogens (tertiary/aromatic N) is 2. The molecule has 14 heteroatoms. The van der Waals surface area contributed by atoms with Gasteiger partial charge in [-0.1, -0.05) is 39.2 Å². The predicted molar refractivity (Wildman–Crippen MR) is 217 cm³/mol. The molecule has 3 saturated carbocycles. The van der Waals surface area contributed by atoms with Crippen molar-refractivity contribution in [1.29, 1.82) is 0 Å². The molecule has 5 atom stereocenters. The maximum atomic E-state index is 15.0. The van der Waals surface area contributed by atoms with E-state index in [4.69, 9.17) is 23.9 Å². The zero-order valence-corrected chi connectivity index (χ0v) is 35.2. The summed E-state index contributed by atoms with van der Waals surface area (Å²) in [6.45, 7) is 10.5. The van der Waals surface area contributed by atoms with Crippen LogP contribution in [-0.4, -0.2) is 86.1 Å². The van der Waals surface area contributed by atoms with Crippen LogP contribution < -0.4 is 18.9 Å². The summed E-state index contributed by atoms with van der Waals surface area (Å²) in [4.78, 5) is 63.4. The number of rotatable bonds is 11. The summed E-state index contributed by atoms with van der Waals surface area (Å²) >= 11 is 0. The third kappa shape index (κ3) is 9.01. The number of ketones is 1. The Morgan fingerprint density at radius 2 is 1.84 bits per heavy atom. The minimum atomic E-state index is -3.86. The molecule has 4 fully saturated rings. The number of pyridine rings is 1. The second kappa shape index (κ2) is 16.8. The number of aromatic nitrogens is 1. The molecule has 7 rings (SSSR count). The molecule has 0 spiro atoms. The van der Waals surface area contributed by atoms with Gasteiger partial charge in [-0.25, -0.2) is 13.4 Å². The number of nitrogens with one attached hydrogen (secondary N) is 1. The summed E-state index contributed by atoms with van der Waals surface area (Å²) in [6.07, 6.45) is 8.75. The Labute approximate surface area is 342 Å². The van der Waals surface area contributed by atoms with Crippen LogP contribution in [0.5, 0.6) is 17.4 Å². The van der Waals surface area contributed by atoms with Crippen molar-refractivity contribution in [2.45, 2.75) is 128 Å². The Bertz CT molecular complexity index is 2040. The van der Waals surface area contributed by atoms with Crippen LogP contribution in [0.15, 0.2) is 30.9 Å². The number of amides is 2. The number of hydrogen-bond donors (Lipinski definition) is 1. The Hall–Kier alpha value is -4.20. The van der Waals surface area contributed by atoms with Crippen LogP contribution >= 0.6 is 0 Å². The first-order chi connectivity index (χ1) is 27.7. The number of esters is 1. The van der Waals surface area contributed by atoms with Crippen LogP contribution in [-0.2, 0) is 40.4 Å². The first-order valence-electron chi connectivity index (χ1n) is 21.2. The zero-order valence-electron chi connectivity index (χ0n) is 34.4. The van der Waals surface area contributed by atoms with Gasteiger partial charge in [0.15, 0.2) is 5.78 Å². The summed E-state index contributed by atoms with van der Waals surface area (Å²) in [7, 11) is -2.24. The van der Waals surface area contributed by atoms with Crippen molar-refractivity contribution in [3.8, 4) is 17.4 Å². The molecule has 3 heterocycles. The molecule has 1 aromatic carbocycles. The van der Waals surface area contributed by atoms with E-state index in [-0.39, 0.29) is 61.9 Å². The fourth-order valence-corrected chi connectivity index (χ4v) is 10.8.